The Bertz CT molecular complexity index is 972. The minimum atomic E-state index is -0.628. The van der Waals surface area contributed by atoms with E-state index in [9.17, 15) is 9.59 Å². The third kappa shape index (κ3) is 6.10. The lowest BCUT2D eigenvalue weighted by atomic mass is 10.2. The smallest absolute Gasteiger partial charge is 0.344 e. The van der Waals surface area contributed by atoms with Gasteiger partial charge in [0, 0.05) is 0 Å². The van der Waals surface area contributed by atoms with Crippen LogP contribution < -0.4 is 14.8 Å². The summed E-state index contributed by atoms with van der Waals surface area (Å²) in [6.45, 7) is 1.19. The van der Waals surface area contributed by atoms with Crippen molar-refractivity contribution in [1.29, 1.82) is 0 Å². The Balaban J connectivity index is 1.49. The Morgan fingerprint density at radius 3 is 2.21 bits per heavy atom. The fraction of sp³-hybridized carbons (Fsp3) is 0.130. The molecule has 29 heavy (non-hydrogen) atoms. The third-order valence-electron chi connectivity index (χ3n) is 3.94. The minimum Gasteiger partial charge on any atom is -0.482 e. The molecule has 148 valence electrons. The summed E-state index contributed by atoms with van der Waals surface area (Å²) in [6.07, 6.45) is 0. The van der Waals surface area contributed by atoms with Crippen LogP contribution in [0.3, 0.4) is 0 Å². The minimum absolute atomic E-state index is 0.272. The molecule has 0 spiro atoms. The molecule has 0 bridgehead atoms. The molecule has 3 aromatic rings. The second kappa shape index (κ2) is 9.94. The number of esters is 1. The van der Waals surface area contributed by atoms with Crippen molar-refractivity contribution in [1.82, 2.24) is 0 Å². The fourth-order valence-corrected chi connectivity index (χ4v) is 2.50. The number of hydrogen-bond acceptors (Lipinski definition) is 5. The van der Waals surface area contributed by atoms with Gasteiger partial charge in [0.15, 0.2) is 19.0 Å². The van der Waals surface area contributed by atoms with Crippen LogP contribution in [-0.2, 0) is 14.3 Å². The van der Waals surface area contributed by atoms with E-state index in [0.717, 1.165) is 5.56 Å². The SMILES string of the molecule is Cc1ccccc1OCC(=O)OCC(=O)Nc1ccccc1Oc1ccccc1. The lowest BCUT2D eigenvalue weighted by Crippen LogP contribution is -2.23. The van der Waals surface area contributed by atoms with Gasteiger partial charge in [-0.05, 0) is 42.8 Å². The molecule has 0 saturated carbocycles. The summed E-state index contributed by atoms with van der Waals surface area (Å²) in [4.78, 5) is 24.0. The van der Waals surface area contributed by atoms with Gasteiger partial charge in [-0.2, -0.15) is 0 Å². The highest BCUT2D eigenvalue weighted by molar-refractivity contribution is 5.94. The number of para-hydroxylation sites is 4. The molecule has 1 amide bonds. The quantitative estimate of drug-likeness (QED) is 0.578. The molecule has 0 aliphatic heterocycles. The Morgan fingerprint density at radius 2 is 1.45 bits per heavy atom. The summed E-state index contributed by atoms with van der Waals surface area (Å²) in [6, 6.07) is 23.6. The van der Waals surface area contributed by atoms with Crippen LogP contribution in [0, 0.1) is 6.92 Å². The monoisotopic (exact) mass is 391 g/mol. The van der Waals surface area contributed by atoms with Gasteiger partial charge >= 0.3 is 5.97 Å². The Kier molecular flexibility index (Phi) is 6.84. The second-order valence-electron chi connectivity index (χ2n) is 6.17. The number of nitrogens with one attached hydrogen (secondary N) is 1. The lowest BCUT2D eigenvalue weighted by molar-refractivity contribution is -0.149. The standard InChI is InChI=1S/C23H21NO5/c1-17-9-5-7-13-20(17)27-16-23(26)28-15-22(25)24-19-12-6-8-14-21(19)29-18-10-3-2-4-11-18/h2-14H,15-16H2,1H3,(H,24,25). The zero-order chi connectivity index (χ0) is 20.5. The highest BCUT2D eigenvalue weighted by atomic mass is 16.6. The van der Waals surface area contributed by atoms with E-state index < -0.39 is 18.5 Å². The van der Waals surface area contributed by atoms with Crippen molar-refractivity contribution < 1.29 is 23.8 Å². The molecule has 6 heteroatoms. The maximum absolute atomic E-state index is 12.2. The van der Waals surface area contributed by atoms with E-state index in [0.29, 0.717) is 22.9 Å². The molecule has 0 aliphatic rings. The molecule has 0 radical (unpaired) electrons. The van der Waals surface area contributed by atoms with Crippen molar-refractivity contribution in [2.75, 3.05) is 18.5 Å². The molecule has 0 saturated heterocycles. The molecule has 0 atom stereocenters. The van der Waals surface area contributed by atoms with Gasteiger partial charge < -0.3 is 19.5 Å². The Morgan fingerprint density at radius 1 is 0.793 bits per heavy atom. The molecule has 3 rings (SSSR count). The largest absolute Gasteiger partial charge is 0.482 e. The topological polar surface area (TPSA) is 73.9 Å². The number of ether oxygens (including phenoxy) is 3. The van der Waals surface area contributed by atoms with Gasteiger partial charge in [-0.15, -0.1) is 0 Å². The van der Waals surface area contributed by atoms with Crippen molar-refractivity contribution in [2.24, 2.45) is 0 Å². The number of rotatable bonds is 8. The van der Waals surface area contributed by atoms with Gasteiger partial charge in [-0.3, -0.25) is 4.79 Å². The summed E-state index contributed by atoms with van der Waals surface area (Å²) in [7, 11) is 0. The first-order valence-corrected chi connectivity index (χ1v) is 9.07. The highest BCUT2D eigenvalue weighted by Gasteiger charge is 2.12. The molecule has 0 heterocycles. The van der Waals surface area contributed by atoms with Crippen molar-refractivity contribution in [3.63, 3.8) is 0 Å². The van der Waals surface area contributed by atoms with Crippen molar-refractivity contribution in [2.45, 2.75) is 6.92 Å². The molecule has 0 aliphatic carbocycles. The molecular weight excluding hydrogens is 370 g/mol. The van der Waals surface area contributed by atoms with Crippen LogP contribution in [0.2, 0.25) is 0 Å². The first kappa shape index (κ1) is 19.9. The van der Waals surface area contributed by atoms with Crippen LogP contribution in [0.4, 0.5) is 5.69 Å². The number of anilines is 1. The number of benzene rings is 3. The molecule has 6 nitrogen and oxygen atoms in total. The van der Waals surface area contributed by atoms with Gasteiger partial charge in [-0.1, -0.05) is 48.5 Å². The van der Waals surface area contributed by atoms with E-state index >= 15 is 0 Å². The zero-order valence-corrected chi connectivity index (χ0v) is 16.0. The number of carbonyl (C=O) groups is 2. The lowest BCUT2D eigenvalue weighted by Gasteiger charge is -2.12. The van der Waals surface area contributed by atoms with Gasteiger partial charge in [0.2, 0.25) is 0 Å². The maximum Gasteiger partial charge on any atom is 0.344 e. The number of aryl methyl sites for hydroxylation is 1. The first-order valence-electron chi connectivity index (χ1n) is 9.07. The third-order valence-corrected chi connectivity index (χ3v) is 3.94. The van der Waals surface area contributed by atoms with E-state index in [1.54, 1.807) is 30.3 Å². The summed E-state index contributed by atoms with van der Waals surface area (Å²) in [5.74, 6) is 0.631. The second-order valence-corrected chi connectivity index (χ2v) is 6.17. The van der Waals surface area contributed by atoms with Crippen LogP contribution in [0.5, 0.6) is 17.2 Å². The summed E-state index contributed by atoms with van der Waals surface area (Å²) in [5.41, 5.74) is 1.39. The Labute approximate surface area is 169 Å². The fourth-order valence-electron chi connectivity index (χ4n) is 2.50. The summed E-state index contributed by atoms with van der Waals surface area (Å²) in [5, 5.41) is 2.69. The van der Waals surface area contributed by atoms with E-state index in [-0.39, 0.29) is 6.61 Å². The molecule has 3 aromatic carbocycles. The van der Waals surface area contributed by atoms with Crippen LogP contribution in [0.1, 0.15) is 5.56 Å². The van der Waals surface area contributed by atoms with Crippen molar-refractivity contribution >= 4 is 17.6 Å². The number of carbonyl (C=O) groups excluding carboxylic acids is 2. The number of hydrogen-bond donors (Lipinski definition) is 1. The van der Waals surface area contributed by atoms with Crippen LogP contribution >= 0.6 is 0 Å². The summed E-state index contributed by atoms with van der Waals surface area (Å²) < 4.78 is 16.2. The van der Waals surface area contributed by atoms with Gasteiger partial charge in [0.1, 0.15) is 11.5 Å². The van der Waals surface area contributed by atoms with E-state index in [2.05, 4.69) is 5.32 Å². The maximum atomic E-state index is 12.2. The van der Waals surface area contributed by atoms with Crippen LogP contribution in [-0.4, -0.2) is 25.1 Å². The van der Waals surface area contributed by atoms with Gasteiger partial charge in [-0.25, -0.2) is 4.79 Å². The van der Waals surface area contributed by atoms with E-state index in [4.69, 9.17) is 14.2 Å². The number of amides is 1. The molecular formula is C23H21NO5. The van der Waals surface area contributed by atoms with Crippen molar-refractivity contribution in [3.8, 4) is 17.2 Å². The van der Waals surface area contributed by atoms with Crippen molar-refractivity contribution in [3.05, 3.63) is 84.4 Å². The van der Waals surface area contributed by atoms with E-state index in [1.165, 1.54) is 0 Å². The van der Waals surface area contributed by atoms with Gasteiger partial charge in [0.25, 0.3) is 5.91 Å². The van der Waals surface area contributed by atoms with Crippen LogP contribution in [0.15, 0.2) is 78.9 Å². The Hall–Kier alpha value is -3.80. The summed E-state index contributed by atoms with van der Waals surface area (Å²) >= 11 is 0. The molecule has 0 unspecified atom stereocenters. The predicted molar refractivity (Wildman–Crippen MR) is 109 cm³/mol. The van der Waals surface area contributed by atoms with Gasteiger partial charge in [0.05, 0.1) is 5.69 Å². The average molecular weight is 391 g/mol. The van der Waals surface area contributed by atoms with Crippen LogP contribution in [0.25, 0.3) is 0 Å². The average Bonchev–Trinajstić information content (AvgIpc) is 2.74. The zero-order valence-electron chi connectivity index (χ0n) is 16.0. The molecule has 0 fully saturated rings. The normalized spacial score (nSPS) is 10.1. The first-order chi connectivity index (χ1) is 14.1. The predicted octanol–water partition coefficient (Wildman–Crippen LogP) is 4.35. The molecule has 0 aromatic heterocycles. The van der Waals surface area contributed by atoms with E-state index in [1.807, 2.05) is 55.5 Å². The molecule has 1 N–H and O–H groups in total. The highest BCUT2D eigenvalue weighted by Crippen LogP contribution is 2.29.